The molecular formula is C6H7CaN5O. The monoisotopic (exact) mass is 205 g/mol. The van der Waals surface area contributed by atoms with E-state index in [1.165, 1.54) is 12.4 Å². The quantitative estimate of drug-likeness (QED) is 0.504. The van der Waals surface area contributed by atoms with Crippen LogP contribution in [0, 0.1) is 0 Å². The maximum absolute atomic E-state index is 11.1. The number of aromatic nitrogens is 4. The van der Waals surface area contributed by atoms with Crippen LogP contribution >= 0.6 is 0 Å². The molecule has 13 heavy (non-hydrogen) atoms. The Morgan fingerprint density at radius 1 is 1.31 bits per heavy atom. The van der Waals surface area contributed by atoms with Gasteiger partial charge in [0.15, 0.2) is 11.2 Å². The van der Waals surface area contributed by atoms with Crippen molar-refractivity contribution in [3.8, 4) is 0 Å². The molecule has 0 aliphatic carbocycles. The van der Waals surface area contributed by atoms with Crippen LogP contribution in [0.5, 0.6) is 0 Å². The van der Waals surface area contributed by atoms with E-state index < -0.39 is 0 Å². The first-order valence-electron chi connectivity index (χ1n) is 3.24. The molecule has 0 aromatic carbocycles. The Hall–Kier alpha value is -0.720. The second-order valence-corrected chi connectivity index (χ2v) is 2.18. The van der Waals surface area contributed by atoms with Crippen molar-refractivity contribution in [1.29, 1.82) is 0 Å². The Balaban J connectivity index is 0.000000845. The van der Waals surface area contributed by atoms with Gasteiger partial charge < -0.3 is 5.73 Å². The van der Waals surface area contributed by atoms with Gasteiger partial charge in [-0.2, -0.15) is 4.98 Å². The molecule has 64 valence electrons. The van der Waals surface area contributed by atoms with E-state index in [9.17, 15) is 4.79 Å². The standard InChI is InChI=1S/C6H5N5O.Ca.2H/c7-6-10-4-3(5(12)11-6)8-1-2-9-4;;;/h1-2H,(H3,7,9,10,11,12);;;. The fraction of sp³-hybridized carbons (Fsp3) is 0. The van der Waals surface area contributed by atoms with Crippen LogP contribution in [0.15, 0.2) is 17.2 Å². The Morgan fingerprint density at radius 3 is 2.77 bits per heavy atom. The fourth-order valence-electron chi connectivity index (χ4n) is 0.890. The van der Waals surface area contributed by atoms with Gasteiger partial charge in [0, 0.05) is 12.4 Å². The molecule has 0 atom stereocenters. The molecule has 2 rings (SSSR count). The van der Waals surface area contributed by atoms with Crippen molar-refractivity contribution in [3.63, 3.8) is 0 Å². The second kappa shape index (κ2) is 3.99. The third kappa shape index (κ3) is 1.96. The zero-order chi connectivity index (χ0) is 8.55. The molecule has 6 nitrogen and oxygen atoms in total. The number of hydrogen-bond donors (Lipinski definition) is 2. The average molecular weight is 205 g/mol. The number of aromatic amines is 1. The van der Waals surface area contributed by atoms with Crippen molar-refractivity contribution in [1.82, 2.24) is 19.9 Å². The summed E-state index contributed by atoms with van der Waals surface area (Å²) in [6.07, 6.45) is 2.88. The van der Waals surface area contributed by atoms with Gasteiger partial charge in [0.25, 0.3) is 5.56 Å². The number of nitrogen functional groups attached to an aromatic ring is 1. The summed E-state index contributed by atoms with van der Waals surface area (Å²) >= 11 is 0. The van der Waals surface area contributed by atoms with E-state index in [0.29, 0.717) is 0 Å². The molecule has 2 aromatic rings. The van der Waals surface area contributed by atoms with Crippen LogP contribution in [-0.4, -0.2) is 57.7 Å². The van der Waals surface area contributed by atoms with E-state index in [2.05, 4.69) is 19.9 Å². The average Bonchev–Trinajstić information content (AvgIpc) is 2.04. The summed E-state index contributed by atoms with van der Waals surface area (Å²) < 4.78 is 0. The van der Waals surface area contributed by atoms with Crippen molar-refractivity contribution in [3.05, 3.63) is 22.7 Å². The molecule has 2 aromatic heterocycles. The van der Waals surface area contributed by atoms with Crippen molar-refractivity contribution >= 4 is 54.9 Å². The van der Waals surface area contributed by atoms with Gasteiger partial charge in [-0.1, -0.05) is 0 Å². The van der Waals surface area contributed by atoms with Crippen LogP contribution < -0.4 is 11.3 Å². The normalized spacial score (nSPS) is 9.54. The predicted octanol–water partition coefficient (Wildman–Crippen LogP) is -1.62. The molecule has 0 unspecified atom stereocenters. The van der Waals surface area contributed by atoms with Gasteiger partial charge in [0.05, 0.1) is 0 Å². The zero-order valence-electron chi connectivity index (χ0n) is 5.98. The van der Waals surface area contributed by atoms with E-state index in [0.717, 1.165) is 0 Å². The van der Waals surface area contributed by atoms with Crippen LogP contribution in [0.25, 0.3) is 11.2 Å². The van der Waals surface area contributed by atoms with Gasteiger partial charge in [-0.3, -0.25) is 9.78 Å². The van der Waals surface area contributed by atoms with Crippen molar-refractivity contribution in [2.45, 2.75) is 0 Å². The number of fused-ring (bicyclic) bond motifs is 1. The molecule has 0 spiro atoms. The van der Waals surface area contributed by atoms with Gasteiger partial charge >= 0.3 is 37.7 Å². The molecular weight excluding hydrogens is 198 g/mol. The van der Waals surface area contributed by atoms with Gasteiger partial charge in [-0.25, -0.2) is 9.97 Å². The molecule has 0 fully saturated rings. The number of hydrogen-bond acceptors (Lipinski definition) is 5. The first kappa shape index (κ1) is 10.4. The summed E-state index contributed by atoms with van der Waals surface area (Å²) in [5.74, 6) is 0.0491. The minimum absolute atomic E-state index is 0. The van der Waals surface area contributed by atoms with E-state index in [1.807, 2.05) is 0 Å². The van der Waals surface area contributed by atoms with Gasteiger partial charge in [-0.15, -0.1) is 0 Å². The molecule has 0 saturated carbocycles. The molecule has 2 heterocycles. The topological polar surface area (TPSA) is 97.5 Å². The maximum atomic E-state index is 11.1. The molecule has 0 aliphatic rings. The summed E-state index contributed by atoms with van der Waals surface area (Å²) in [4.78, 5) is 24.9. The van der Waals surface area contributed by atoms with Crippen molar-refractivity contribution < 1.29 is 0 Å². The number of H-pyrrole nitrogens is 1. The molecule has 0 aliphatic heterocycles. The van der Waals surface area contributed by atoms with Crippen molar-refractivity contribution in [2.24, 2.45) is 0 Å². The van der Waals surface area contributed by atoms with Crippen LogP contribution in [0.2, 0.25) is 0 Å². The van der Waals surface area contributed by atoms with E-state index in [1.54, 1.807) is 0 Å². The molecule has 0 radical (unpaired) electrons. The summed E-state index contributed by atoms with van der Waals surface area (Å²) in [6, 6.07) is 0. The van der Waals surface area contributed by atoms with Crippen LogP contribution in [-0.2, 0) is 0 Å². The fourth-order valence-corrected chi connectivity index (χ4v) is 0.890. The number of nitrogens with zero attached hydrogens (tertiary/aromatic N) is 3. The van der Waals surface area contributed by atoms with E-state index in [4.69, 9.17) is 5.73 Å². The summed E-state index contributed by atoms with van der Waals surface area (Å²) in [5, 5.41) is 0. The molecule has 0 bridgehead atoms. The van der Waals surface area contributed by atoms with E-state index >= 15 is 0 Å². The third-order valence-electron chi connectivity index (χ3n) is 1.36. The minimum atomic E-state index is -0.370. The third-order valence-corrected chi connectivity index (χ3v) is 1.36. The first-order chi connectivity index (χ1) is 5.77. The summed E-state index contributed by atoms with van der Waals surface area (Å²) in [5.41, 5.74) is 5.38. The SMILES string of the molecule is Nc1nc2nccnc2c(=O)[nH]1.[CaH2]. The predicted molar refractivity (Wildman–Crippen MR) is 50.9 cm³/mol. The Labute approximate surface area is 103 Å². The number of rotatable bonds is 0. The van der Waals surface area contributed by atoms with Gasteiger partial charge in [0.2, 0.25) is 5.95 Å². The molecule has 7 heteroatoms. The van der Waals surface area contributed by atoms with E-state index in [-0.39, 0.29) is 60.4 Å². The van der Waals surface area contributed by atoms with Crippen LogP contribution in [0.4, 0.5) is 5.95 Å². The summed E-state index contributed by atoms with van der Waals surface area (Å²) in [6.45, 7) is 0. The zero-order valence-corrected chi connectivity index (χ0v) is 5.98. The number of anilines is 1. The molecule has 0 saturated heterocycles. The Morgan fingerprint density at radius 2 is 2.00 bits per heavy atom. The Bertz CT molecular complexity index is 482. The number of nitrogens with one attached hydrogen (secondary N) is 1. The summed E-state index contributed by atoms with van der Waals surface area (Å²) in [7, 11) is 0. The molecule has 0 amide bonds. The van der Waals surface area contributed by atoms with Gasteiger partial charge in [0.1, 0.15) is 0 Å². The van der Waals surface area contributed by atoms with Gasteiger partial charge in [-0.05, 0) is 0 Å². The van der Waals surface area contributed by atoms with Crippen molar-refractivity contribution in [2.75, 3.05) is 5.73 Å². The van der Waals surface area contributed by atoms with Crippen LogP contribution in [0.1, 0.15) is 0 Å². The number of nitrogens with two attached hydrogens (primary N) is 1. The second-order valence-electron chi connectivity index (χ2n) is 2.18. The Kier molecular flexibility index (Phi) is 3.18. The van der Waals surface area contributed by atoms with Crippen LogP contribution in [0.3, 0.4) is 0 Å². The first-order valence-corrected chi connectivity index (χ1v) is 3.24. The molecule has 3 N–H and O–H groups in total.